The molecule has 0 bridgehead atoms. The number of guanidine groups is 1. The molecule has 7 nitrogen and oxygen atoms in total. The lowest BCUT2D eigenvalue weighted by atomic mass is 10.2. The molecule has 0 aliphatic heterocycles. The number of halogens is 3. The maximum atomic E-state index is 12.4. The molecule has 0 saturated heterocycles. The molecular formula is C19H29F3N4O3. The largest absolute Gasteiger partial charge is 0.497 e. The van der Waals surface area contributed by atoms with Crippen molar-refractivity contribution in [3.8, 4) is 5.75 Å². The van der Waals surface area contributed by atoms with Crippen molar-refractivity contribution in [2.75, 3.05) is 47.0 Å². The molecule has 0 unspecified atom stereocenters. The van der Waals surface area contributed by atoms with Crippen LogP contribution in [-0.4, -0.2) is 69.9 Å². The van der Waals surface area contributed by atoms with Crippen LogP contribution in [0.2, 0.25) is 0 Å². The first-order valence-electron chi connectivity index (χ1n) is 9.28. The van der Waals surface area contributed by atoms with E-state index in [4.69, 9.17) is 9.47 Å². The Morgan fingerprint density at radius 3 is 2.48 bits per heavy atom. The summed E-state index contributed by atoms with van der Waals surface area (Å²) < 4.78 is 47.6. The lowest BCUT2D eigenvalue weighted by Gasteiger charge is -2.20. The van der Waals surface area contributed by atoms with Crippen molar-refractivity contribution in [1.29, 1.82) is 0 Å². The van der Waals surface area contributed by atoms with Crippen LogP contribution in [0.5, 0.6) is 5.75 Å². The quantitative estimate of drug-likeness (QED) is 0.327. The number of nitrogens with one attached hydrogen (secondary N) is 2. The topological polar surface area (TPSA) is 75.2 Å². The Hall–Kier alpha value is -2.49. The average molecular weight is 418 g/mol. The molecule has 0 spiro atoms. The number of methoxy groups -OCH3 is 1. The van der Waals surface area contributed by atoms with Crippen LogP contribution in [0, 0.1) is 0 Å². The molecule has 0 aromatic heterocycles. The van der Waals surface area contributed by atoms with Gasteiger partial charge in [-0.25, -0.2) is 4.99 Å². The summed E-state index contributed by atoms with van der Waals surface area (Å²) in [4.78, 5) is 17.0. The SMILES string of the molecule is CCOCCCNC(=NCc1ccc(OC)cc1)NCC(=O)N(C)CC(F)(F)F. The molecule has 10 heteroatoms. The van der Waals surface area contributed by atoms with E-state index in [-0.39, 0.29) is 6.54 Å². The summed E-state index contributed by atoms with van der Waals surface area (Å²) in [6.07, 6.45) is -3.72. The lowest BCUT2D eigenvalue weighted by Crippen LogP contribution is -2.46. The van der Waals surface area contributed by atoms with Gasteiger partial charge < -0.3 is 25.0 Å². The predicted octanol–water partition coefficient (Wildman–Crippen LogP) is 2.18. The summed E-state index contributed by atoms with van der Waals surface area (Å²) >= 11 is 0. The summed E-state index contributed by atoms with van der Waals surface area (Å²) in [6, 6.07) is 7.33. The van der Waals surface area contributed by atoms with Crippen LogP contribution in [0.4, 0.5) is 13.2 Å². The zero-order chi connectivity index (χ0) is 21.7. The Morgan fingerprint density at radius 2 is 1.90 bits per heavy atom. The maximum absolute atomic E-state index is 12.4. The Bertz CT molecular complexity index is 637. The summed E-state index contributed by atoms with van der Waals surface area (Å²) in [7, 11) is 2.69. The number of amides is 1. The fourth-order valence-electron chi connectivity index (χ4n) is 2.25. The van der Waals surface area contributed by atoms with Gasteiger partial charge in [0, 0.05) is 26.8 Å². The molecule has 0 fully saturated rings. The second-order valence-corrected chi connectivity index (χ2v) is 6.21. The highest BCUT2D eigenvalue weighted by molar-refractivity contribution is 5.86. The van der Waals surface area contributed by atoms with E-state index in [0.717, 1.165) is 24.8 Å². The number of aliphatic imine (C=N–C) groups is 1. The number of carbonyl (C=O) groups is 1. The third-order valence-electron chi connectivity index (χ3n) is 3.79. The zero-order valence-corrected chi connectivity index (χ0v) is 17.0. The van der Waals surface area contributed by atoms with Crippen molar-refractivity contribution >= 4 is 11.9 Å². The molecule has 0 aliphatic rings. The molecule has 0 heterocycles. The monoisotopic (exact) mass is 418 g/mol. The van der Waals surface area contributed by atoms with Gasteiger partial charge in [0.2, 0.25) is 5.91 Å². The highest BCUT2D eigenvalue weighted by Crippen LogP contribution is 2.15. The minimum atomic E-state index is -4.44. The number of hydrogen-bond donors (Lipinski definition) is 2. The van der Waals surface area contributed by atoms with Crippen molar-refractivity contribution in [2.24, 2.45) is 4.99 Å². The van der Waals surface area contributed by atoms with Gasteiger partial charge in [0.1, 0.15) is 12.3 Å². The molecule has 1 rings (SSSR count). The van der Waals surface area contributed by atoms with E-state index >= 15 is 0 Å². The van der Waals surface area contributed by atoms with Gasteiger partial charge in [-0.05, 0) is 31.0 Å². The van der Waals surface area contributed by atoms with E-state index in [1.807, 2.05) is 31.2 Å². The average Bonchev–Trinajstić information content (AvgIpc) is 2.68. The van der Waals surface area contributed by atoms with Gasteiger partial charge in [-0.3, -0.25) is 4.79 Å². The molecule has 2 N–H and O–H groups in total. The van der Waals surface area contributed by atoms with Gasteiger partial charge in [-0.2, -0.15) is 13.2 Å². The molecular weight excluding hydrogens is 389 g/mol. The molecule has 1 amide bonds. The first-order valence-corrected chi connectivity index (χ1v) is 9.28. The maximum Gasteiger partial charge on any atom is 0.406 e. The van der Waals surface area contributed by atoms with Gasteiger partial charge in [-0.1, -0.05) is 12.1 Å². The van der Waals surface area contributed by atoms with Crippen molar-refractivity contribution < 1.29 is 27.4 Å². The third kappa shape index (κ3) is 11.2. The Kier molecular flexibility index (Phi) is 10.9. The van der Waals surface area contributed by atoms with E-state index in [9.17, 15) is 18.0 Å². The summed E-state index contributed by atoms with van der Waals surface area (Å²) in [6.45, 7) is 2.37. The molecule has 0 atom stereocenters. The van der Waals surface area contributed by atoms with E-state index in [1.165, 1.54) is 0 Å². The molecule has 0 saturated carbocycles. The minimum absolute atomic E-state index is 0.299. The van der Waals surface area contributed by atoms with Gasteiger partial charge >= 0.3 is 6.18 Å². The number of benzene rings is 1. The number of rotatable bonds is 11. The van der Waals surface area contributed by atoms with Crippen LogP contribution in [0.3, 0.4) is 0 Å². The van der Waals surface area contributed by atoms with Gasteiger partial charge in [-0.15, -0.1) is 0 Å². The predicted molar refractivity (Wildman–Crippen MR) is 105 cm³/mol. The number of alkyl halides is 3. The highest BCUT2D eigenvalue weighted by atomic mass is 19.4. The van der Waals surface area contributed by atoms with E-state index in [0.29, 0.717) is 37.2 Å². The van der Waals surface area contributed by atoms with Crippen LogP contribution >= 0.6 is 0 Å². The van der Waals surface area contributed by atoms with Crippen molar-refractivity contribution in [1.82, 2.24) is 15.5 Å². The third-order valence-corrected chi connectivity index (χ3v) is 3.79. The van der Waals surface area contributed by atoms with E-state index < -0.39 is 18.6 Å². The number of ether oxygens (including phenoxy) is 2. The molecule has 0 radical (unpaired) electrons. The van der Waals surface area contributed by atoms with Gasteiger partial charge in [0.05, 0.1) is 20.2 Å². The van der Waals surface area contributed by atoms with Crippen LogP contribution in [0.25, 0.3) is 0 Å². The standard InChI is InChI=1S/C19H29F3N4O3/c1-4-29-11-5-10-23-18(24-12-15-6-8-16(28-3)9-7-15)25-13-17(27)26(2)14-19(20,21)22/h6-9H,4-5,10-14H2,1-3H3,(H2,23,24,25). The Morgan fingerprint density at radius 1 is 1.21 bits per heavy atom. The van der Waals surface area contributed by atoms with Crippen molar-refractivity contribution in [3.63, 3.8) is 0 Å². The van der Waals surface area contributed by atoms with Gasteiger partial charge in [0.15, 0.2) is 5.96 Å². The number of nitrogens with zero attached hydrogens (tertiary/aromatic N) is 2. The van der Waals surface area contributed by atoms with Crippen LogP contribution in [0.15, 0.2) is 29.3 Å². The van der Waals surface area contributed by atoms with Crippen LogP contribution < -0.4 is 15.4 Å². The van der Waals surface area contributed by atoms with Gasteiger partial charge in [0.25, 0.3) is 0 Å². The highest BCUT2D eigenvalue weighted by Gasteiger charge is 2.31. The fourth-order valence-corrected chi connectivity index (χ4v) is 2.25. The minimum Gasteiger partial charge on any atom is -0.497 e. The van der Waals surface area contributed by atoms with Crippen LogP contribution in [0.1, 0.15) is 18.9 Å². The van der Waals surface area contributed by atoms with Crippen molar-refractivity contribution in [3.05, 3.63) is 29.8 Å². The molecule has 1 aromatic carbocycles. The molecule has 1 aromatic rings. The molecule has 0 aliphatic carbocycles. The Labute approximate surface area is 169 Å². The molecule has 29 heavy (non-hydrogen) atoms. The number of likely N-dealkylation sites (N-methyl/N-ethyl adjacent to an activating group) is 1. The smallest absolute Gasteiger partial charge is 0.406 e. The van der Waals surface area contributed by atoms with E-state index in [1.54, 1.807) is 7.11 Å². The Balaban J connectivity index is 2.64. The molecule has 164 valence electrons. The summed E-state index contributed by atoms with van der Waals surface area (Å²) in [5, 5.41) is 5.84. The zero-order valence-electron chi connectivity index (χ0n) is 17.0. The fraction of sp³-hybridized carbons (Fsp3) is 0.579. The number of carbonyl (C=O) groups excluding carboxylic acids is 1. The normalized spacial score (nSPS) is 11.9. The number of hydrogen-bond acceptors (Lipinski definition) is 4. The summed E-state index contributed by atoms with van der Waals surface area (Å²) in [5.41, 5.74) is 0.918. The first-order chi connectivity index (χ1) is 13.7. The second kappa shape index (κ2) is 12.9. The van der Waals surface area contributed by atoms with Crippen molar-refractivity contribution in [2.45, 2.75) is 26.1 Å². The second-order valence-electron chi connectivity index (χ2n) is 6.21. The lowest BCUT2D eigenvalue weighted by molar-refractivity contribution is -0.157. The summed E-state index contributed by atoms with van der Waals surface area (Å²) in [5.74, 6) is 0.380. The first kappa shape index (κ1) is 24.5. The van der Waals surface area contributed by atoms with E-state index in [2.05, 4.69) is 15.6 Å². The van der Waals surface area contributed by atoms with Crippen LogP contribution in [-0.2, 0) is 16.1 Å².